The molecule has 0 unspecified atom stereocenters. The second-order valence-electron chi connectivity index (χ2n) is 1.18. The van der Waals surface area contributed by atoms with Crippen molar-refractivity contribution in [2.75, 3.05) is 11.5 Å². The van der Waals surface area contributed by atoms with Gasteiger partial charge in [-0.1, -0.05) is 0 Å². The Labute approximate surface area is 49.3 Å². The van der Waals surface area contributed by atoms with Crippen molar-refractivity contribution < 1.29 is 4.23 Å². The number of nitrogens with two attached hydrogens (primary N) is 2. The van der Waals surface area contributed by atoms with Gasteiger partial charge in [-0.25, -0.2) is 0 Å². The van der Waals surface area contributed by atoms with Crippen LogP contribution in [0.2, 0.25) is 0 Å². The van der Waals surface area contributed by atoms with Gasteiger partial charge in [0.25, 0.3) is 0 Å². The monoisotopic (exact) mass is 132 g/mol. The van der Waals surface area contributed by atoms with Crippen LogP contribution in [0.15, 0.2) is 0 Å². The largest absolute Gasteiger partial charge is 0.581 e. The minimum absolute atomic E-state index is 0.102. The molecule has 0 aliphatic heterocycles. The van der Waals surface area contributed by atoms with Crippen molar-refractivity contribution in [3.63, 3.8) is 0 Å². The molecule has 1 rings (SSSR count). The molecule has 1 aromatic heterocycles. The van der Waals surface area contributed by atoms with E-state index in [0.29, 0.717) is 4.23 Å². The SMILES string of the molecule is Nc1n[n+]([O-])sc1N. The molecule has 6 heteroatoms. The van der Waals surface area contributed by atoms with Gasteiger partial charge in [0.1, 0.15) is 0 Å². The summed E-state index contributed by atoms with van der Waals surface area (Å²) in [4.78, 5) is 0. The Balaban J connectivity index is 3.14. The van der Waals surface area contributed by atoms with Crippen molar-refractivity contribution in [3.8, 4) is 0 Å². The van der Waals surface area contributed by atoms with E-state index in [1.165, 1.54) is 0 Å². The number of anilines is 2. The molecule has 0 fully saturated rings. The summed E-state index contributed by atoms with van der Waals surface area (Å²) in [6.45, 7) is 0. The van der Waals surface area contributed by atoms with E-state index in [1.807, 2.05) is 0 Å². The summed E-state index contributed by atoms with van der Waals surface area (Å²) in [6.07, 6.45) is 0. The number of aromatic nitrogens is 2. The van der Waals surface area contributed by atoms with Crippen molar-refractivity contribution in [2.24, 2.45) is 0 Å². The van der Waals surface area contributed by atoms with Gasteiger partial charge in [-0.05, 0) is 0 Å². The van der Waals surface area contributed by atoms with E-state index in [2.05, 4.69) is 5.10 Å². The predicted octanol–water partition coefficient (Wildman–Crippen LogP) is -1.06. The van der Waals surface area contributed by atoms with Crippen LogP contribution in [-0.4, -0.2) is 5.10 Å². The molecule has 8 heavy (non-hydrogen) atoms. The molecule has 5 nitrogen and oxygen atoms in total. The van der Waals surface area contributed by atoms with E-state index >= 15 is 0 Å². The number of nitrogens with zero attached hydrogens (tertiary/aromatic N) is 2. The lowest BCUT2D eigenvalue weighted by Gasteiger charge is -1.73. The molecule has 0 radical (unpaired) electrons. The number of hydrogen-bond acceptors (Lipinski definition) is 5. The van der Waals surface area contributed by atoms with Crippen molar-refractivity contribution >= 4 is 22.4 Å². The quantitative estimate of drug-likeness (QED) is 0.347. The second kappa shape index (κ2) is 1.48. The molecule has 0 bridgehead atoms. The Kier molecular flexibility index (Phi) is 0.943. The lowest BCUT2D eigenvalue weighted by Crippen LogP contribution is -2.23. The molecule has 4 N–H and O–H groups in total. The van der Waals surface area contributed by atoms with Crippen LogP contribution in [-0.2, 0) is 0 Å². The molecule has 1 aromatic rings. The summed E-state index contributed by atoms with van der Waals surface area (Å²) in [5.74, 6) is 0.102. The first-order valence-corrected chi connectivity index (χ1v) is 2.59. The number of rotatable bonds is 0. The van der Waals surface area contributed by atoms with Crippen LogP contribution in [0.1, 0.15) is 0 Å². The molecule has 0 saturated carbocycles. The highest BCUT2D eigenvalue weighted by Gasteiger charge is 2.05. The Morgan fingerprint density at radius 3 is 2.38 bits per heavy atom. The topological polar surface area (TPSA) is 91.9 Å². The van der Waals surface area contributed by atoms with Gasteiger partial charge >= 0.3 is 0 Å². The van der Waals surface area contributed by atoms with E-state index in [4.69, 9.17) is 11.5 Å². The number of hydrogen-bond donors (Lipinski definition) is 2. The zero-order valence-corrected chi connectivity index (χ0v) is 4.68. The third-order valence-corrected chi connectivity index (χ3v) is 1.26. The van der Waals surface area contributed by atoms with E-state index in [-0.39, 0.29) is 10.8 Å². The van der Waals surface area contributed by atoms with Crippen LogP contribution in [0, 0.1) is 5.21 Å². The summed E-state index contributed by atoms with van der Waals surface area (Å²) >= 11 is 0.772. The standard InChI is InChI=1S/C2H4N4OS/c3-1-2(4)8-6(7)5-1/h3-4H2. The van der Waals surface area contributed by atoms with E-state index in [9.17, 15) is 5.21 Å². The molecule has 0 saturated heterocycles. The highest BCUT2D eigenvalue weighted by Crippen LogP contribution is 2.10. The molecule has 0 spiro atoms. The third-order valence-electron chi connectivity index (χ3n) is 0.618. The fourth-order valence-electron chi connectivity index (χ4n) is 0.289. The minimum Gasteiger partial charge on any atom is -0.581 e. The van der Waals surface area contributed by atoms with Crippen molar-refractivity contribution in [1.82, 2.24) is 5.10 Å². The average Bonchev–Trinajstić information content (AvgIpc) is 1.85. The summed E-state index contributed by atoms with van der Waals surface area (Å²) in [5, 5.41) is 13.7. The molecule has 1 heterocycles. The van der Waals surface area contributed by atoms with E-state index in [1.54, 1.807) is 0 Å². The first kappa shape index (κ1) is 5.10. The molecular weight excluding hydrogens is 128 g/mol. The van der Waals surface area contributed by atoms with Crippen LogP contribution >= 0.6 is 11.5 Å². The highest BCUT2D eigenvalue weighted by atomic mass is 32.1. The molecule has 44 valence electrons. The molecular formula is C2H4N4OS. The van der Waals surface area contributed by atoms with Gasteiger partial charge < -0.3 is 16.7 Å². The predicted molar refractivity (Wildman–Crippen MR) is 29.9 cm³/mol. The van der Waals surface area contributed by atoms with Gasteiger partial charge in [-0.3, -0.25) is 0 Å². The van der Waals surface area contributed by atoms with Gasteiger partial charge in [-0.2, -0.15) is 0 Å². The van der Waals surface area contributed by atoms with Crippen LogP contribution in [0.5, 0.6) is 0 Å². The first-order chi connectivity index (χ1) is 3.70. The van der Waals surface area contributed by atoms with Crippen LogP contribution < -0.4 is 15.7 Å². The molecule has 0 aliphatic carbocycles. The Morgan fingerprint density at radius 2 is 2.25 bits per heavy atom. The third kappa shape index (κ3) is 0.648. The average molecular weight is 132 g/mol. The maximum Gasteiger partial charge on any atom is 0.234 e. The van der Waals surface area contributed by atoms with Crippen LogP contribution in [0.25, 0.3) is 0 Å². The maximum atomic E-state index is 10.2. The first-order valence-electron chi connectivity index (χ1n) is 1.82. The molecule has 0 amide bonds. The Bertz CT molecular complexity index is 176. The van der Waals surface area contributed by atoms with Crippen molar-refractivity contribution in [3.05, 3.63) is 5.21 Å². The lowest BCUT2D eigenvalue weighted by atomic mass is 10.8. The fraction of sp³-hybridized carbons (Fsp3) is 0. The highest BCUT2D eigenvalue weighted by molar-refractivity contribution is 7.06. The Morgan fingerprint density at radius 1 is 1.62 bits per heavy atom. The van der Waals surface area contributed by atoms with Gasteiger partial charge in [0, 0.05) is 9.33 Å². The van der Waals surface area contributed by atoms with Crippen molar-refractivity contribution in [2.45, 2.75) is 0 Å². The zero-order chi connectivity index (χ0) is 6.15. The van der Waals surface area contributed by atoms with Gasteiger partial charge in [0.05, 0.1) is 0 Å². The van der Waals surface area contributed by atoms with Gasteiger partial charge in [-0.15, -0.1) is 0 Å². The van der Waals surface area contributed by atoms with E-state index < -0.39 is 0 Å². The number of nitrogen functional groups attached to an aromatic ring is 2. The minimum atomic E-state index is 0.102. The van der Waals surface area contributed by atoms with Crippen molar-refractivity contribution in [1.29, 1.82) is 0 Å². The normalized spacial score (nSPS) is 9.50. The molecule has 0 atom stereocenters. The molecule has 0 aromatic carbocycles. The van der Waals surface area contributed by atoms with Gasteiger partial charge in [0.2, 0.25) is 22.4 Å². The summed E-state index contributed by atoms with van der Waals surface area (Å²) < 4.78 is 0.366. The summed E-state index contributed by atoms with van der Waals surface area (Å²) in [6, 6.07) is 0. The Hall–Kier alpha value is -1.04. The summed E-state index contributed by atoms with van der Waals surface area (Å²) in [7, 11) is 0. The fourth-order valence-corrected chi connectivity index (χ4v) is 0.720. The molecule has 0 aliphatic rings. The zero-order valence-electron chi connectivity index (χ0n) is 3.87. The van der Waals surface area contributed by atoms with Gasteiger partial charge in [0.15, 0.2) is 0 Å². The smallest absolute Gasteiger partial charge is 0.234 e. The maximum absolute atomic E-state index is 10.2. The lowest BCUT2D eigenvalue weighted by molar-refractivity contribution is -0.596. The second-order valence-corrected chi connectivity index (χ2v) is 2.11. The van der Waals surface area contributed by atoms with Crippen LogP contribution in [0.4, 0.5) is 10.8 Å². The van der Waals surface area contributed by atoms with Crippen LogP contribution in [0.3, 0.4) is 0 Å². The van der Waals surface area contributed by atoms with E-state index in [0.717, 1.165) is 11.5 Å². The summed E-state index contributed by atoms with van der Waals surface area (Å²) in [5.41, 5.74) is 10.2.